The molecule has 1 amide bonds. The highest BCUT2D eigenvalue weighted by atomic mass is 32.2. The molecule has 0 heterocycles. The van der Waals surface area contributed by atoms with Crippen molar-refractivity contribution >= 4 is 25.8 Å². The normalized spacial score (nSPS) is 11.9. The van der Waals surface area contributed by atoms with Gasteiger partial charge < -0.3 is 5.32 Å². The first kappa shape index (κ1) is 18.1. The standard InChI is InChI=1S/C15H16N2O5S2/c16-24(21,22)14-8-6-12(7-9-14)10-17-15(18)11-23(19,20)13-4-2-1-3-5-13/h1-9H,10-11H2,(H,17,18)(H2,16,21,22). The summed E-state index contributed by atoms with van der Waals surface area (Å²) in [5.74, 6) is -1.30. The van der Waals surface area contributed by atoms with E-state index >= 15 is 0 Å². The summed E-state index contributed by atoms with van der Waals surface area (Å²) in [6.45, 7) is 0.0774. The molecule has 3 N–H and O–H groups in total. The molecular weight excluding hydrogens is 352 g/mol. The first-order chi connectivity index (χ1) is 11.2. The van der Waals surface area contributed by atoms with Crippen molar-refractivity contribution in [2.45, 2.75) is 16.3 Å². The van der Waals surface area contributed by atoms with E-state index < -0.39 is 31.5 Å². The van der Waals surface area contributed by atoms with Crippen molar-refractivity contribution in [3.63, 3.8) is 0 Å². The number of hydrogen-bond donors (Lipinski definition) is 2. The van der Waals surface area contributed by atoms with Gasteiger partial charge in [0.15, 0.2) is 9.84 Å². The van der Waals surface area contributed by atoms with Gasteiger partial charge in [-0.05, 0) is 29.8 Å². The van der Waals surface area contributed by atoms with Gasteiger partial charge in [0.1, 0.15) is 5.75 Å². The molecule has 7 nitrogen and oxygen atoms in total. The van der Waals surface area contributed by atoms with Crippen LogP contribution in [0.15, 0.2) is 64.4 Å². The van der Waals surface area contributed by atoms with Crippen molar-refractivity contribution in [2.24, 2.45) is 5.14 Å². The Morgan fingerprint density at radius 1 is 0.875 bits per heavy atom. The molecule has 24 heavy (non-hydrogen) atoms. The van der Waals surface area contributed by atoms with Crippen LogP contribution in [-0.2, 0) is 31.2 Å². The molecule has 0 saturated heterocycles. The molecule has 0 radical (unpaired) electrons. The zero-order valence-corrected chi connectivity index (χ0v) is 14.2. The summed E-state index contributed by atoms with van der Waals surface area (Å²) in [6, 6.07) is 13.3. The zero-order chi connectivity index (χ0) is 17.8. The number of amides is 1. The molecule has 0 fully saturated rings. The Balaban J connectivity index is 1.96. The van der Waals surface area contributed by atoms with E-state index in [9.17, 15) is 21.6 Å². The smallest absolute Gasteiger partial charge is 0.238 e. The number of sulfonamides is 1. The zero-order valence-electron chi connectivity index (χ0n) is 12.5. The molecule has 0 aliphatic carbocycles. The third-order valence-electron chi connectivity index (χ3n) is 3.17. The van der Waals surface area contributed by atoms with Gasteiger partial charge in [-0.1, -0.05) is 30.3 Å². The van der Waals surface area contributed by atoms with Crippen LogP contribution in [0.3, 0.4) is 0 Å². The summed E-state index contributed by atoms with van der Waals surface area (Å²) in [4.78, 5) is 11.9. The van der Waals surface area contributed by atoms with E-state index in [4.69, 9.17) is 5.14 Å². The van der Waals surface area contributed by atoms with Gasteiger partial charge in [-0.25, -0.2) is 22.0 Å². The number of hydrogen-bond acceptors (Lipinski definition) is 5. The minimum atomic E-state index is -3.77. The van der Waals surface area contributed by atoms with Crippen LogP contribution in [0.1, 0.15) is 5.56 Å². The van der Waals surface area contributed by atoms with Crippen molar-refractivity contribution in [2.75, 3.05) is 5.75 Å². The van der Waals surface area contributed by atoms with Gasteiger partial charge in [0.25, 0.3) is 0 Å². The maximum Gasteiger partial charge on any atom is 0.238 e. The topological polar surface area (TPSA) is 123 Å². The first-order valence-corrected chi connectivity index (χ1v) is 10.0. The second-order valence-corrected chi connectivity index (χ2v) is 8.59. The summed E-state index contributed by atoms with van der Waals surface area (Å²) in [5, 5.41) is 7.47. The van der Waals surface area contributed by atoms with E-state index in [-0.39, 0.29) is 16.3 Å². The van der Waals surface area contributed by atoms with Gasteiger partial charge >= 0.3 is 0 Å². The maximum absolute atomic E-state index is 12.1. The lowest BCUT2D eigenvalue weighted by atomic mass is 10.2. The molecule has 2 aromatic carbocycles. The predicted octanol–water partition coefficient (Wildman–Crippen LogP) is 0.424. The van der Waals surface area contributed by atoms with Crippen LogP contribution in [0, 0.1) is 0 Å². The van der Waals surface area contributed by atoms with Crippen LogP contribution in [-0.4, -0.2) is 28.5 Å². The lowest BCUT2D eigenvalue weighted by molar-refractivity contribution is -0.118. The summed E-state index contributed by atoms with van der Waals surface area (Å²) in [5.41, 5.74) is 0.618. The van der Waals surface area contributed by atoms with E-state index in [1.165, 1.54) is 36.4 Å². The fourth-order valence-electron chi connectivity index (χ4n) is 1.93. The number of primary sulfonamides is 1. The Kier molecular flexibility index (Phi) is 5.37. The van der Waals surface area contributed by atoms with Gasteiger partial charge in [0.2, 0.25) is 15.9 Å². The minimum Gasteiger partial charge on any atom is -0.351 e. The van der Waals surface area contributed by atoms with E-state index in [0.717, 1.165) is 0 Å². The van der Waals surface area contributed by atoms with Crippen LogP contribution in [0.25, 0.3) is 0 Å². The van der Waals surface area contributed by atoms with Crippen LogP contribution >= 0.6 is 0 Å². The second kappa shape index (κ2) is 7.12. The van der Waals surface area contributed by atoms with Gasteiger partial charge in [-0.3, -0.25) is 4.79 Å². The summed E-state index contributed by atoms with van der Waals surface area (Å²) in [7, 11) is -7.47. The maximum atomic E-state index is 12.1. The van der Waals surface area contributed by atoms with Crippen molar-refractivity contribution < 1.29 is 21.6 Å². The number of carbonyl (C=O) groups excluding carboxylic acids is 1. The lowest BCUT2D eigenvalue weighted by Gasteiger charge is -2.07. The lowest BCUT2D eigenvalue weighted by Crippen LogP contribution is -2.29. The van der Waals surface area contributed by atoms with Crippen molar-refractivity contribution in [3.05, 3.63) is 60.2 Å². The molecule has 0 aliphatic rings. The third-order valence-corrected chi connectivity index (χ3v) is 5.73. The van der Waals surface area contributed by atoms with Crippen molar-refractivity contribution in [1.82, 2.24) is 5.32 Å². The second-order valence-electron chi connectivity index (χ2n) is 5.04. The Morgan fingerprint density at radius 2 is 1.46 bits per heavy atom. The predicted molar refractivity (Wildman–Crippen MR) is 88.2 cm³/mol. The average molecular weight is 368 g/mol. The average Bonchev–Trinajstić information content (AvgIpc) is 2.53. The SMILES string of the molecule is NS(=O)(=O)c1ccc(CNC(=O)CS(=O)(=O)c2ccccc2)cc1. The van der Waals surface area contributed by atoms with Crippen molar-refractivity contribution in [1.29, 1.82) is 0 Å². The quantitative estimate of drug-likeness (QED) is 0.765. The monoisotopic (exact) mass is 368 g/mol. The van der Waals surface area contributed by atoms with E-state index in [1.807, 2.05) is 0 Å². The third kappa shape index (κ3) is 4.88. The Hall–Kier alpha value is -2.23. The Labute approximate surface area is 140 Å². The van der Waals surface area contributed by atoms with Gasteiger partial charge in [0, 0.05) is 6.54 Å². The molecule has 128 valence electrons. The highest BCUT2D eigenvalue weighted by Gasteiger charge is 2.18. The molecular formula is C15H16N2O5S2. The van der Waals surface area contributed by atoms with E-state index in [2.05, 4.69) is 5.32 Å². The first-order valence-electron chi connectivity index (χ1n) is 6.85. The van der Waals surface area contributed by atoms with E-state index in [1.54, 1.807) is 18.2 Å². The molecule has 0 unspecified atom stereocenters. The Morgan fingerprint density at radius 3 is 2.00 bits per heavy atom. The molecule has 2 rings (SSSR count). The fraction of sp³-hybridized carbons (Fsp3) is 0.133. The van der Waals surface area contributed by atoms with E-state index in [0.29, 0.717) is 5.56 Å². The molecule has 2 aromatic rings. The van der Waals surface area contributed by atoms with Gasteiger partial charge in [0.05, 0.1) is 9.79 Å². The molecule has 0 saturated carbocycles. The number of nitrogens with two attached hydrogens (primary N) is 1. The van der Waals surface area contributed by atoms with Crippen molar-refractivity contribution in [3.8, 4) is 0 Å². The molecule has 9 heteroatoms. The highest BCUT2D eigenvalue weighted by Crippen LogP contribution is 2.11. The largest absolute Gasteiger partial charge is 0.351 e. The van der Waals surface area contributed by atoms with Gasteiger partial charge in [-0.2, -0.15) is 0 Å². The molecule has 0 aliphatic heterocycles. The van der Waals surface area contributed by atoms with Gasteiger partial charge in [-0.15, -0.1) is 0 Å². The van der Waals surface area contributed by atoms with Crippen LogP contribution in [0.4, 0.5) is 0 Å². The molecule has 0 atom stereocenters. The number of rotatable bonds is 6. The van der Waals surface area contributed by atoms with Crippen LogP contribution < -0.4 is 10.5 Å². The van der Waals surface area contributed by atoms with Crippen LogP contribution in [0.2, 0.25) is 0 Å². The highest BCUT2D eigenvalue weighted by molar-refractivity contribution is 7.92. The fourth-order valence-corrected chi connectivity index (χ4v) is 3.63. The molecule has 0 spiro atoms. The summed E-state index contributed by atoms with van der Waals surface area (Å²) in [6.07, 6.45) is 0. The van der Waals surface area contributed by atoms with Crippen LogP contribution in [0.5, 0.6) is 0 Å². The summed E-state index contributed by atoms with van der Waals surface area (Å²) >= 11 is 0. The molecule has 0 bridgehead atoms. The molecule has 0 aromatic heterocycles. The number of carbonyl (C=O) groups is 1. The summed E-state index contributed by atoms with van der Waals surface area (Å²) < 4.78 is 46.4. The number of nitrogens with one attached hydrogen (secondary N) is 1. The minimum absolute atomic E-state index is 0.0377. The number of sulfone groups is 1. The Bertz CT molecular complexity index is 922. The number of benzene rings is 2.